The first kappa shape index (κ1) is 10.9. The van der Waals surface area contributed by atoms with Crippen molar-refractivity contribution in [2.24, 2.45) is 0 Å². The van der Waals surface area contributed by atoms with Crippen molar-refractivity contribution in [3.05, 3.63) is 41.3 Å². The molecular weight excluding hydrogens is 194 g/mol. The van der Waals surface area contributed by atoms with Crippen LogP contribution in [0.2, 0.25) is 0 Å². The summed E-state index contributed by atoms with van der Waals surface area (Å²) in [7, 11) is 0. The molecule has 1 amide bonds. The van der Waals surface area contributed by atoms with E-state index in [0.29, 0.717) is 5.88 Å². The normalized spacial score (nSPS) is 10.4. The molecule has 0 saturated heterocycles. The second kappa shape index (κ2) is 6.27. The van der Waals surface area contributed by atoms with Gasteiger partial charge in [-0.1, -0.05) is 30.3 Å². The zero-order valence-electron chi connectivity index (χ0n) is 8.07. The summed E-state index contributed by atoms with van der Waals surface area (Å²) in [5, 5.41) is 4.68. The highest BCUT2D eigenvalue weighted by Crippen LogP contribution is 2.06. The molecule has 0 heterocycles. The Bertz CT molecular complexity index is 308. The molecule has 0 unspecified atom stereocenters. The maximum Gasteiger partial charge on any atom is 0.217 e. The number of benzene rings is 1. The van der Waals surface area contributed by atoms with Crippen LogP contribution in [-0.2, 0) is 4.79 Å². The molecule has 0 radical (unpaired) electrons. The lowest BCUT2D eigenvalue weighted by Gasteiger charge is -1.96. The third-order valence-corrected chi connectivity index (χ3v) is 2.20. The minimum atomic E-state index is 0.00520. The highest BCUT2D eigenvalue weighted by molar-refractivity contribution is 8.02. The van der Waals surface area contributed by atoms with Gasteiger partial charge < -0.3 is 5.32 Å². The second-order valence-electron chi connectivity index (χ2n) is 2.76. The van der Waals surface area contributed by atoms with Crippen molar-refractivity contribution in [1.82, 2.24) is 5.32 Å². The number of carbonyl (C=O) groups is 1. The first-order valence-corrected chi connectivity index (χ1v) is 5.41. The molecule has 0 aromatic heterocycles. The Morgan fingerprint density at radius 3 is 2.79 bits per heavy atom. The number of thioether (sulfide) groups is 1. The number of rotatable bonds is 4. The largest absolute Gasteiger partial charge is 0.347 e. The minimum Gasteiger partial charge on any atom is -0.347 e. The second-order valence-corrected chi connectivity index (χ2v) is 3.65. The fraction of sp³-hybridized carbons (Fsp3) is 0.182. The number of carbonyl (C=O) groups excluding carboxylic acids is 1. The number of nitrogens with one attached hydrogen (secondary N) is 1. The van der Waals surface area contributed by atoms with Gasteiger partial charge in [-0.05, 0) is 17.0 Å². The van der Waals surface area contributed by atoms with Crippen LogP contribution in [-0.4, -0.2) is 11.8 Å². The average molecular weight is 207 g/mol. The molecule has 0 aliphatic rings. The summed E-state index contributed by atoms with van der Waals surface area (Å²) in [6.45, 7) is 1.52. The van der Waals surface area contributed by atoms with Gasteiger partial charge in [0, 0.05) is 6.92 Å². The zero-order valence-corrected chi connectivity index (χ0v) is 8.88. The van der Waals surface area contributed by atoms with E-state index in [-0.39, 0.29) is 5.91 Å². The Balaban J connectivity index is 2.25. The molecule has 0 fully saturated rings. The molecule has 1 aromatic carbocycles. The van der Waals surface area contributed by atoms with Gasteiger partial charge in [0.15, 0.2) is 0 Å². The van der Waals surface area contributed by atoms with E-state index >= 15 is 0 Å². The maximum absolute atomic E-state index is 10.5. The summed E-state index contributed by atoms with van der Waals surface area (Å²) in [6.07, 6.45) is 2.02. The van der Waals surface area contributed by atoms with Crippen LogP contribution in [0.5, 0.6) is 0 Å². The molecule has 1 rings (SSSR count). The van der Waals surface area contributed by atoms with Gasteiger partial charge in [-0.2, -0.15) is 0 Å². The van der Waals surface area contributed by atoms with Crippen LogP contribution in [0, 0.1) is 0 Å². The van der Waals surface area contributed by atoms with Crippen LogP contribution in [0.25, 0.3) is 6.08 Å². The summed E-state index contributed by atoms with van der Waals surface area (Å²) in [4.78, 5) is 10.5. The SMILES string of the molecule is CC(=O)NCS/C=C/c1ccccc1. The first-order valence-electron chi connectivity index (χ1n) is 4.36. The van der Waals surface area contributed by atoms with Crippen molar-refractivity contribution in [3.63, 3.8) is 0 Å². The average Bonchev–Trinajstić information content (AvgIpc) is 2.18. The van der Waals surface area contributed by atoms with Crippen molar-refractivity contribution in [2.75, 3.05) is 5.88 Å². The number of amides is 1. The fourth-order valence-electron chi connectivity index (χ4n) is 0.882. The van der Waals surface area contributed by atoms with Gasteiger partial charge in [0.1, 0.15) is 0 Å². The van der Waals surface area contributed by atoms with Gasteiger partial charge in [-0.15, -0.1) is 11.8 Å². The van der Waals surface area contributed by atoms with Crippen molar-refractivity contribution >= 4 is 23.7 Å². The Labute approximate surface area is 88.4 Å². The molecule has 0 bridgehead atoms. The smallest absolute Gasteiger partial charge is 0.217 e. The van der Waals surface area contributed by atoms with E-state index in [1.807, 2.05) is 41.8 Å². The van der Waals surface area contributed by atoms with E-state index in [4.69, 9.17) is 0 Å². The molecule has 0 spiro atoms. The highest BCUT2D eigenvalue weighted by Gasteiger charge is 1.87. The lowest BCUT2D eigenvalue weighted by atomic mass is 10.2. The van der Waals surface area contributed by atoms with Gasteiger partial charge in [0.2, 0.25) is 5.91 Å². The monoisotopic (exact) mass is 207 g/mol. The van der Waals surface area contributed by atoms with Gasteiger partial charge in [-0.25, -0.2) is 0 Å². The number of hydrogen-bond donors (Lipinski definition) is 1. The predicted octanol–water partition coefficient (Wildman–Crippen LogP) is 2.48. The molecule has 74 valence electrons. The van der Waals surface area contributed by atoms with Gasteiger partial charge in [0.05, 0.1) is 5.88 Å². The molecule has 0 aliphatic heterocycles. The molecule has 14 heavy (non-hydrogen) atoms. The van der Waals surface area contributed by atoms with E-state index in [0.717, 1.165) is 0 Å². The van der Waals surface area contributed by atoms with Gasteiger partial charge in [0.25, 0.3) is 0 Å². The molecule has 3 heteroatoms. The molecule has 0 aliphatic carbocycles. The summed E-state index contributed by atoms with van der Waals surface area (Å²) in [5.41, 5.74) is 1.17. The minimum absolute atomic E-state index is 0.00520. The maximum atomic E-state index is 10.5. The summed E-state index contributed by atoms with van der Waals surface area (Å²) in [6, 6.07) is 10.1. The summed E-state index contributed by atoms with van der Waals surface area (Å²) < 4.78 is 0. The molecule has 1 N–H and O–H groups in total. The Morgan fingerprint density at radius 2 is 2.14 bits per heavy atom. The van der Waals surface area contributed by atoms with Gasteiger partial charge >= 0.3 is 0 Å². The molecule has 1 aromatic rings. The lowest BCUT2D eigenvalue weighted by molar-refractivity contribution is -0.118. The summed E-state index contributed by atoms with van der Waals surface area (Å²) >= 11 is 1.56. The Hall–Kier alpha value is -1.22. The van der Waals surface area contributed by atoms with E-state index in [2.05, 4.69) is 5.32 Å². The molecule has 0 saturated carbocycles. The molecular formula is C11H13NOS. The van der Waals surface area contributed by atoms with Crippen LogP contribution in [0.4, 0.5) is 0 Å². The third-order valence-electron chi connectivity index (χ3n) is 1.56. The summed E-state index contributed by atoms with van der Waals surface area (Å²) in [5.74, 6) is 0.629. The van der Waals surface area contributed by atoms with Crippen molar-refractivity contribution in [3.8, 4) is 0 Å². The predicted molar refractivity (Wildman–Crippen MR) is 61.8 cm³/mol. The first-order chi connectivity index (χ1) is 6.79. The Morgan fingerprint density at radius 1 is 1.43 bits per heavy atom. The van der Waals surface area contributed by atoms with E-state index in [9.17, 15) is 4.79 Å². The van der Waals surface area contributed by atoms with Crippen LogP contribution >= 0.6 is 11.8 Å². The van der Waals surface area contributed by atoms with Crippen LogP contribution in [0.1, 0.15) is 12.5 Å². The van der Waals surface area contributed by atoms with Gasteiger partial charge in [-0.3, -0.25) is 4.79 Å². The van der Waals surface area contributed by atoms with E-state index < -0.39 is 0 Å². The van der Waals surface area contributed by atoms with E-state index in [1.165, 1.54) is 12.5 Å². The van der Waals surface area contributed by atoms with Crippen molar-refractivity contribution in [2.45, 2.75) is 6.92 Å². The topological polar surface area (TPSA) is 29.1 Å². The fourth-order valence-corrected chi connectivity index (χ4v) is 1.52. The molecule has 0 atom stereocenters. The standard InChI is InChI=1S/C11H13NOS/c1-10(13)12-9-14-8-7-11-5-3-2-4-6-11/h2-8H,9H2,1H3,(H,12,13)/b8-7+. The lowest BCUT2D eigenvalue weighted by Crippen LogP contribution is -2.18. The zero-order chi connectivity index (χ0) is 10.2. The highest BCUT2D eigenvalue weighted by atomic mass is 32.2. The number of hydrogen-bond acceptors (Lipinski definition) is 2. The molecule has 2 nitrogen and oxygen atoms in total. The Kier molecular flexibility index (Phi) is 4.86. The van der Waals surface area contributed by atoms with Crippen LogP contribution < -0.4 is 5.32 Å². The van der Waals surface area contributed by atoms with E-state index in [1.54, 1.807) is 11.8 Å². The van der Waals surface area contributed by atoms with Crippen LogP contribution in [0.15, 0.2) is 35.7 Å². The quantitative estimate of drug-likeness (QED) is 0.607. The van der Waals surface area contributed by atoms with Crippen LogP contribution in [0.3, 0.4) is 0 Å². The third kappa shape index (κ3) is 4.72. The van der Waals surface area contributed by atoms with Crippen molar-refractivity contribution < 1.29 is 4.79 Å². The van der Waals surface area contributed by atoms with Crippen molar-refractivity contribution in [1.29, 1.82) is 0 Å².